The predicted molar refractivity (Wildman–Crippen MR) is 129 cm³/mol. The standard InChI is InChI=1S/C27H35N3O/c1-19(2)23(6)30(27(31)28-26-21(4)11-8-12-22(26)5)18-25-14-9-15-29(25)17-24-13-7-10-20(3)16-24/h7-16,19,23H,17-18H2,1-6H3,(H,28,31)/t23-/m1/s1. The third kappa shape index (κ3) is 5.57. The Labute approximate surface area is 186 Å². The summed E-state index contributed by atoms with van der Waals surface area (Å²) in [6.07, 6.45) is 2.10. The van der Waals surface area contributed by atoms with E-state index < -0.39 is 0 Å². The molecule has 4 heteroatoms. The maximum absolute atomic E-state index is 13.4. The van der Waals surface area contributed by atoms with Gasteiger partial charge in [-0.1, -0.05) is 61.9 Å². The number of urea groups is 1. The van der Waals surface area contributed by atoms with Crippen molar-refractivity contribution in [3.8, 4) is 0 Å². The van der Waals surface area contributed by atoms with Crippen LogP contribution in [0.15, 0.2) is 60.8 Å². The molecular formula is C27H35N3O. The van der Waals surface area contributed by atoms with Crippen molar-refractivity contribution in [3.63, 3.8) is 0 Å². The minimum absolute atomic E-state index is 0.0538. The Kier molecular flexibility index (Phi) is 7.21. The highest BCUT2D eigenvalue weighted by molar-refractivity contribution is 5.91. The fourth-order valence-electron chi connectivity index (χ4n) is 3.88. The molecule has 0 aliphatic rings. The fourth-order valence-corrected chi connectivity index (χ4v) is 3.88. The van der Waals surface area contributed by atoms with Crippen LogP contribution >= 0.6 is 0 Å². The topological polar surface area (TPSA) is 37.3 Å². The number of amides is 2. The molecule has 0 saturated carbocycles. The second-order valence-electron chi connectivity index (χ2n) is 8.93. The molecule has 2 amide bonds. The van der Waals surface area contributed by atoms with Crippen LogP contribution in [-0.4, -0.2) is 21.5 Å². The van der Waals surface area contributed by atoms with Gasteiger partial charge in [0.2, 0.25) is 0 Å². The van der Waals surface area contributed by atoms with Crippen molar-refractivity contribution in [1.29, 1.82) is 0 Å². The number of carbonyl (C=O) groups excluding carboxylic acids is 1. The minimum atomic E-state index is -0.0538. The molecule has 4 nitrogen and oxygen atoms in total. The lowest BCUT2D eigenvalue weighted by Crippen LogP contribution is -2.44. The van der Waals surface area contributed by atoms with E-state index in [1.807, 2.05) is 36.9 Å². The van der Waals surface area contributed by atoms with E-state index in [1.54, 1.807) is 0 Å². The van der Waals surface area contributed by atoms with Gasteiger partial charge in [0.1, 0.15) is 0 Å². The van der Waals surface area contributed by atoms with Gasteiger partial charge in [0.05, 0.1) is 6.54 Å². The lowest BCUT2D eigenvalue weighted by atomic mass is 10.0. The largest absolute Gasteiger partial charge is 0.345 e. The van der Waals surface area contributed by atoms with Crippen LogP contribution in [-0.2, 0) is 13.1 Å². The second kappa shape index (κ2) is 9.86. The average Bonchev–Trinajstić information content (AvgIpc) is 3.15. The van der Waals surface area contributed by atoms with Gasteiger partial charge in [0.25, 0.3) is 0 Å². The highest BCUT2D eigenvalue weighted by Crippen LogP contribution is 2.23. The first kappa shape index (κ1) is 22.7. The lowest BCUT2D eigenvalue weighted by Gasteiger charge is -2.32. The Bertz CT molecular complexity index is 1010. The van der Waals surface area contributed by atoms with E-state index in [9.17, 15) is 4.79 Å². The average molecular weight is 418 g/mol. The first-order valence-electron chi connectivity index (χ1n) is 11.1. The molecule has 3 aromatic rings. The first-order chi connectivity index (χ1) is 14.8. The van der Waals surface area contributed by atoms with Crippen LogP contribution in [0.25, 0.3) is 0 Å². The van der Waals surface area contributed by atoms with Gasteiger partial charge in [-0.15, -0.1) is 0 Å². The molecule has 3 rings (SSSR count). The number of carbonyl (C=O) groups is 1. The second-order valence-corrected chi connectivity index (χ2v) is 8.93. The Morgan fingerprint density at radius 2 is 1.65 bits per heavy atom. The maximum atomic E-state index is 13.4. The molecule has 1 heterocycles. The molecule has 0 spiro atoms. The van der Waals surface area contributed by atoms with Gasteiger partial charge in [-0.25, -0.2) is 4.79 Å². The van der Waals surface area contributed by atoms with Crippen LogP contribution in [0.4, 0.5) is 10.5 Å². The third-order valence-electron chi connectivity index (χ3n) is 6.12. The minimum Gasteiger partial charge on any atom is -0.345 e. The first-order valence-corrected chi connectivity index (χ1v) is 11.1. The molecule has 1 N–H and O–H groups in total. The molecule has 0 aliphatic heterocycles. The summed E-state index contributed by atoms with van der Waals surface area (Å²) in [5, 5.41) is 3.18. The van der Waals surface area contributed by atoms with Crippen LogP contribution in [0, 0.1) is 26.7 Å². The number of hydrogen-bond acceptors (Lipinski definition) is 1. The molecule has 0 saturated heterocycles. The summed E-state index contributed by atoms with van der Waals surface area (Å²) in [5.41, 5.74) is 6.71. The summed E-state index contributed by atoms with van der Waals surface area (Å²) in [4.78, 5) is 15.4. The number of benzene rings is 2. The highest BCUT2D eigenvalue weighted by Gasteiger charge is 2.24. The van der Waals surface area contributed by atoms with E-state index in [2.05, 4.69) is 80.2 Å². The molecular weight excluding hydrogens is 382 g/mol. The molecule has 1 atom stereocenters. The van der Waals surface area contributed by atoms with Crippen molar-refractivity contribution in [1.82, 2.24) is 9.47 Å². The number of anilines is 1. The fraction of sp³-hybridized carbons (Fsp3) is 0.370. The normalized spacial score (nSPS) is 12.1. The van der Waals surface area contributed by atoms with E-state index in [0.717, 1.165) is 29.1 Å². The van der Waals surface area contributed by atoms with Crippen molar-refractivity contribution in [2.75, 3.05) is 5.32 Å². The van der Waals surface area contributed by atoms with E-state index in [1.165, 1.54) is 11.1 Å². The number of aryl methyl sites for hydroxylation is 3. The van der Waals surface area contributed by atoms with Crippen LogP contribution < -0.4 is 5.32 Å². The predicted octanol–water partition coefficient (Wildman–Crippen LogP) is 6.54. The number of aromatic nitrogens is 1. The number of para-hydroxylation sites is 1. The Morgan fingerprint density at radius 3 is 2.29 bits per heavy atom. The number of hydrogen-bond donors (Lipinski definition) is 1. The zero-order chi connectivity index (χ0) is 22.5. The van der Waals surface area contributed by atoms with E-state index in [-0.39, 0.29) is 12.1 Å². The van der Waals surface area contributed by atoms with E-state index in [0.29, 0.717) is 12.5 Å². The number of nitrogens with zero attached hydrogens (tertiary/aromatic N) is 2. The van der Waals surface area contributed by atoms with Crippen molar-refractivity contribution < 1.29 is 4.79 Å². The van der Waals surface area contributed by atoms with Gasteiger partial charge in [-0.3, -0.25) is 0 Å². The zero-order valence-corrected chi connectivity index (χ0v) is 19.6. The Balaban J connectivity index is 1.84. The summed E-state index contributed by atoms with van der Waals surface area (Å²) in [6, 6.07) is 18.9. The summed E-state index contributed by atoms with van der Waals surface area (Å²) in [6.45, 7) is 14.0. The van der Waals surface area contributed by atoms with Gasteiger partial charge in [-0.2, -0.15) is 0 Å². The molecule has 0 radical (unpaired) electrons. The van der Waals surface area contributed by atoms with Gasteiger partial charge in [0, 0.05) is 30.2 Å². The molecule has 1 aromatic heterocycles. The van der Waals surface area contributed by atoms with Crippen molar-refractivity contribution in [2.24, 2.45) is 5.92 Å². The Hall–Kier alpha value is -3.01. The molecule has 164 valence electrons. The van der Waals surface area contributed by atoms with Crippen LogP contribution in [0.2, 0.25) is 0 Å². The molecule has 2 aromatic carbocycles. The number of nitrogens with one attached hydrogen (secondary N) is 1. The number of rotatable bonds is 7. The monoisotopic (exact) mass is 417 g/mol. The van der Waals surface area contributed by atoms with Gasteiger partial charge < -0.3 is 14.8 Å². The molecule has 0 unspecified atom stereocenters. The highest BCUT2D eigenvalue weighted by atomic mass is 16.2. The molecule has 0 fully saturated rings. The molecule has 0 bridgehead atoms. The quantitative estimate of drug-likeness (QED) is 0.465. The van der Waals surface area contributed by atoms with Crippen LogP contribution in [0.5, 0.6) is 0 Å². The summed E-state index contributed by atoms with van der Waals surface area (Å²) >= 11 is 0. The Morgan fingerprint density at radius 1 is 0.968 bits per heavy atom. The smallest absolute Gasteiger partial charge is 0.322 e. The summed E-state index contributed by atoms with van der Waals surface area (Å²) in [5.74, 6) is 0.351. The molecule has 0 aliphatic carbocycles. The van der Waals surface area contributed by atoms with Crippen molar-refractivity contribution in [2.45, 2.75) is 60.7 Å². The van der Waals surface area contributed by atoms with E-state index >= 15 is 0 Å². The van der Waals surface area contributed by atoms with Crippen LogP contribution in [0.3, 0.4) is 0 Å². The van der Waals surface area contributed by atoms with Crippen LogP contribution in [0.1, 0.15) is 48.7 Å². The van der Waals surface area contributed by atoms with E-state index in [4.69, 9.17) is 0 Å². The lowest BCUT2D eigenvalue weighted by molar-refractivity contribution is 0.168. The zero-order valence-electron chi connectivity index (χ0n) is 19.6. The summed E-state index contributed by atoms with van der Waals surface area (Å²) < 4.78 is 2.24. The van der Waals surface area contributed by atoms with Gasteiger partial charge in [0.15, 0.2) is 0 Å². The SMILES string of the molecule is Cc1cccc(Cn2cccc2CN(C(=O)Nc2c(C)cccc2C)[C@H](C)C(C)C)c1. The van der Waals surface area contributed by atoms with Crippen molar-refractivity contribution >= 4 is 11.7 Å². The van der Waals surface area contributed by atoms with Gasteiger partial charge >= 0.3 is 6.03 Å². The maximum Gasteiger partial charge on any atom is 0.322 e. The third-order valence-corrected chi connectivity index (χ3v) is 6.12. The van der Waals surface area contributed by atoms with Gasteiger partial charge in [-0.05, 0) is 62.4 Å². The molecule has 31 heavy (non-hydrogen) atoms. The van der Waals surface area contributed by atoms with Crippen molar-refractivity contribution in [3.05, 3.63) is 88.7 Å². The summed E-state index contributed by atoms with van der Waals surface area (Å²) in [7, 11) is 0.